The summed E-state index contributed by atoms with van der Waals surface area (Å²) in [5, 5.41) is 13.3. The first-order chi connectivity index (χ1) is 9.20. The third kappa shape index (κ3) is 5.49. The number of nitrogens with zero attached hydrogens (tertiary/aromatic N) is 1. The fourth-order valence-corrected chi connectivity index (χ4v) is 2.12. The van der Waals surface area contributed by atoms with E-state index in [1.165, 1.54) is 0 Å². The standard InChI is InChI=1S/C15H23ClN2O2/c1-11(18(4)10-15(2,3)20)14(19)17-9-12-7-5-6-8-13(12)16/h5-8,11,20H,9-10H2,1-4H3,(H,17,19). The van der Waals surface area contributed by atoms with E-state index in [0.29, 0.717) is 18.1 Å². The van der Waals surface area contributed by atoms with Gasteiger partial charge in [0.15, 0.2) is 0 Å². The van der Waals surface area contributed by atoms with Gasteiger partial charge in [-0.15, -0.1) is 0 Å². The van der Waals surface area contributed by atoms with Crippen molar-refractivity contribution < 1.29 is 9.90 Å². The van der Waals surface area contributed by atoms with Gasteiger partial charge in [0.1, 0.15) is 0 Å². The molecule has 20 heavy (non-hydrogen) atoms. The molecule has 0 aliphatic heterocycles. The molecule has 1 atom stereocenters. The van der Waals surface area contributed by atoms with E-state index in [0.717, 1.165) is 5.56 Å². The molecule has 0 aliphatic carbocycles. The molecule has 1 rings (SSSR count). The Hall–Kier alpha value is -1.10. The van der Waals surface area contributed by atoms with E-state index in [-0.39, 0.29) is 11.9 Å². The van der Waals surface area contributed by atoms with Crippen molar-refractivity contribution in [1.29, 1.82) is 0 Å². The molecule has 0 aromatic heterocycles. The molecule has 0 heterocycles. The Labute approximate surface area is 125 Å². The number of hydrogen-bond acceptors (Lipinski definition) is 3. The van der Waals surface area contributed by atoms with Crippen LogP contribution in [-0.2, 0) is 11.3 Å². The average Bonchev–Trinajstić information content (AvgIpc) is 2.34. The van der Waals surface area contributed by atoms with Gasteiger partial charge >= 0.3 is 0 Å². The minimum atomic E-state index is -0.827. The molecule has 2 N–H and O–H groups in total. The van der Waals surface area contributed by atoms with Crippen molar-refractivity contribution in [3.8, 4) is 0 Å². The number of halogens is 1. The van der Waals surface area contributed by atoms with E-state index in [4.69, 9.17) is 11.6 Å². The normalized spacial score (nSPS) is 13.3. The van der Waals surface area contributed by atoms with Crippen molar-refractivity contribution in [2.45, 2.75) is 39.0 Å². The van der Waals surface area contributed by atoms with E-state index in [2.05, 4.69) is 5.32 Å². The smallest absolute Gasteiger partial charge is 0.237 e. The first-order valence-corrected chi connectivity index (χ1v) is 7.02. The molecule has 4 nitrogen and oxygen atoms in total. The Morgan fingerprint density at radius 2 is 2.05 bits per heavy atom. The molecule has 0 saturated heterocycles. The van der Waals surface area contributed by atoms with Gasteiger partial charge in [0.05, 0.1) is 11.6 Å². The van der Waals surface area contributed by atoms with Crippen LogP contribution in [0.3, 0.4) is 0 Å². The summed E-state index contributed by atoms with van der Waals surface area (Å²) >= 11 is 6.04. The number of aliphatic hydroxyl groups is 1. The number of nitrogens with one attached hydrogen (secondary N) is 1. The monoisotopic (exact) mass is 298 g/mol. The van der Waals surface area contributed by atoms with Crippen molar-refractivity contribution in [2.75, 3.05) is 13.6 Å². The van der Waals surface area contributed by atoms with Crippen LogP contribution in [0.25, 0.3) is 0 Å². The van der Waals surface area contributed by atoms with Crippen LogP contribution in [0.5, 0.6) is 0 Å². The second kappa shape index (κ2) is 7.07. The summed E-state index contributed by atoms with van der Waals surface area (Å²) in [4.78, 5) is 13.9. The van der Waals surface area contributed by atoms with Crippen LogP contribution in [0, 0.1) is 0 Å². The molecule has 0 bridgehead atoms. The quantitative estimate of drug-likeness (QED) is 0.845. The Bertz CT molecular complexity index is 457. The molecule has 0 fully saturated rings. The van der Waals surface area contributed by atoms with Crippen molar-refractivity contribution in [2.24, 2.45) is 0 Å². The first-order valence-electron chi connectivity index (χ1n) is 6.64. The third-order valence-corrected chi connectivity index (χ3v) is 3.46. The van der Waals surface area contributed by atoms with Gasteiger partial charge in [-0.05, 0) is 39.4 Å². The molecule has 5 heteroatoms. The molecule has 0 spiro atoms. The van der Waals surface area contributed by atoms with Crippen LogP contribution >= 0.6 is 11.6 Å². The number of rotatable bonds is 6. The summed E-state index contributed by atoms with van der Waals surface area (Å²) in [6.45, 7) is 6.08. The van der Waals surface area contributed by atoms with Crippen molar-refractivity contribution >= 4 is 17.5 Å². The average molecular weight is 299 g/mol. The number of carbonyl (C=O) groups is 1. The third-order valence-electron chi connectivity index (χ3n) is 3.09. The van der Waals surface area contributed by atoms with Gasteiger partial charge in [0.2, 0.25) is 5.91 Å². The van der Waals surface area contributed by atoms with Gasteiger partial charge in [-0.25, -0.2) is 0 Å². The highest BCUT2D eigenvalue weighted by atomic mass is 35.5. The summed E-state index contributed by atoms with van der Waals surface area (Å²) in [5.74, 6) is -0.0864. The molecular weight excluding hydrogens is 276 g/mol. The van der Waals surface area contributed by atoms with Crippen LogP contribution in [0.1, 0.15) is 26.3 Å². The Kier molecular flexibility index (Phi) is 5.99. The summed E-state index contributed by atoms with van der Waals surface area (Å²) < 4.78 is 0. The molecule has 0 saturated carbocycles. The number of benzene rings is 1. The molecule has 1 amide bonds. The maximum atomic E-state index is 12.1. The van der Waals surface area contributed by atoms with Gasteiger partial charge in [0, 0.05) is 18.1 Å². The Morgan fingerprint density at radius 3 is 2.60 bits per heavy atom. The summed E-state index contributed by atoms with van der Waals surface area (Å²) in [7, 11) is 1.82. The van der Waals surface area contributed by atoms with Crippen LogP contribution in [0.2, 0.25) is 5.02 Å². The zero-order chi connectivity index (χ0) is 15.3. The largest absolute Gasteiger partial charge is 0.389 e. The van der Waals surface area contributed by atoms with E-state index in [1.807, 2.05) is 37.1 Å². The molecule has 112 valence electrons. The van der Waals surface area contributed by atoms with E-state index in [1.54, 1.807) is 19.9 Å². The topological polar surface area (TPSA) is 52.6 Å². The van der Waals surface area contributed by atoms with Crippen molar-refractivity contribution in [3.05, 3.63) is 34.9 Å². The second-order valence-corrected chi connectivity index (χ2v) is 6.12. The van der Waals surface area contributed by atoms with Crippen molar-refractivity contribution in [3.63, 3.8) is 0 Å². The fourth-order valence-electron chi connectivity index (χ4n) is 1.92. The maximum absolute atomic E-state index is 12.1. The fraction of sp³-hybridized carbons (Fsp3) is 0.533. The Balaban J connectivity index is 2.52. The number of carbonyl (C=O) groups excluding carboxylic acids is 1. The molecule has 1 aromatic rings. The van der Waals surface area contributed by atoms with Crippen LogP contribution in [0.15, 0.2) is 24.3 Å². The predicted octanol–water partition coefficient (Wildman–Crippen LogP) is 2.05. The second-order valence-electron chi connectivity index (χ2n) is 5.71. The lowest BCUT2D eigenvalue weighted by Crippen LogP contribution is -2.47. The number of hydrogen-bond donors (Lipinski definition) is 2. The Morgan fingerprint density at radius 1 is 1.45 bits per heavy atom. The van der Waals surface area contributed by atoms with Crippen LogP contribution in [-0.4, -0.2) is 41.1 Å². The summed E-state index contributed by atoms with van der Waals surface area (Å²) in [5.41, 5.74) is 0.0614. The highest BCUT2D eigenvalue weighted by Crippen LogP contribution is 2.14. The lowest BCUT2D eigenvalue weighted by atomic mass is 10.1. The summed E-state index contributed by atoms with van der Waals surface area (Å²) in [6.07, 6.45) is 0. The van der Waals surface area contributed by atoms with Crippen LogP contribution < -0.4 is 5.32 Å². The van der Waals surface area contributed by atoms with Gasteiger partial charge < -0.3 is 10.4 Å². The minimum Gasteiger partial charge on any atom is -0.389 e. The van der Waals surface area contributed by atoms with Crippen LogP contribution in [0.4, 0.5) is 0 Å². The number of amides is 1. The van der Waals surface area contributed by atoms with Gasteiger partial charge in [-0.2, -0.15) is 0 Å². The van der Waals surface area contributed by atoms with E-state index < -0.39 is 5.60 Å². The summed E-state index contributed by atoms with van der Waals surface area (Å²) in [6, 6.07) is 7.11. The van der Waals surface area contributed by atoms with Crippen molar-refractivity contribution in [1.82, 2.24) is 10.2 Å². The maximum Gasteiger partial charge on any atom is 0.237 e. The predicted molar refractivity (Wildman–Crippen MR) is 81.7 cm³/mol. The zero-order valence-corrected chi connectivity index (χ0v) is 13.2. The molecule has 0 aliphatic rings. The molecular formula is C15H23ClN2O2. The highest BCUT2D eigenvalue weighted by Gasteiger charge is 2.23. The highest BCUT2D eigenvalue weighted by molar-refractivity contribution is 6.31. The first kappa shape index (κ1) is 17.0. The SMILES string of the molecule is CC(C(=O)NCc1ccccc1Cl)N(C)CC(C)(C)O. The minimum absolute atomic E-state index is 0.0864. The lowest BCUT2D eigenvalue weighted by molar-refractivity contribution is -0.126. The van der Waals surface area contributed by atoms with Gasteiger partial charge in [-0.1, -0.05) is 29.8 Å². The van der Waals surface area contributed by atoms with Gasteiger partial charge in [0.25, 0.3) is 0 Å². The number of likely N-dealkylation sites (N-methyl/N-ethyl adjacent to an activating group) is 1. The lowest BCUT2D eigenvalue weighted by Gasteiger charge is -2.29. The van der Waals surface area contributed by atoms with E-state index in [9.17, 15) is 9.90 Å². The zero-order valence-electron chi connectivity index (χ0n) is 12.5. The van der Waals surface area contributed by atoms with E-state index >= 15 is 0 Å². The molecule has 1 unspecified atom stereocenters. The molecule has 0 radical (unpaired) electrons. The van der Waals surface area contributed by atoms with Gasteiger partial charge in [-0.3, -0.25) is 9.69 Å². The molecule has 1 aromatic carbocycles.